The van der Waals surface area contributed by atoms with Crippen LogP contribution in [0.4, 0.5) is 8.78 Å². The van der Waals surface area contributed by atoms with E-state index in [9.17, 15) is 8.78 Å². The van der Waals surface area contributed by atoms with Crippen LogP contribution in [-0.2, 0) is 6.42 Å². The molecule has 2 rings (SSSR count). The number of aryl methyl sites for hydroxylation is 1. The third kappa shape index (κ3) is 3.33. The van der Waals surface area contributed by atoms with Crippen LogP contribution in [0.3, 0.4) is 0 Å². The van der Waals surface area contributed by atoms with Crippen LogP contribution in [0.1, 0.15) is 22.7 Å². The molecule has 0 fully saturated rings. The SMILES string of the molecule is Cc1ccncc1C(Cc1cc(F)cc(F)c1)NN. The predicted molar refractivity (Wildman–Crippen MR) is 69.1 cm³/mol. The zero-order chi connectivity index (χ0) is 13.8. The first-order valence-electron chi connectivity index (χ1n) is 5.91. The molecule has 1 unspecified atom stereocenters. The molecule has 3 N–H and O–H groups in total. The zero-order valence-electron chi connectivity index (χ0n) is 10.5. The quantitative estimate of drug-likeness (QED) is 0.658. The number of benzene rings is 1. The van der Waals surface area contributed by atoms with Gasteiger partial charge in [-0.15, -0.1) is 0 Å². The van der Waals surface area contributed by atoms with E-state index >= 15 is 0 Å². The van der Waals surface area contributed by atoms with Crippen molar-refractivity contribution in [3.63, 3.8) is 0 Å². The molecule has 19 heavy (non-hydrogen) atoms. The molecule has 3 nitrogen and oxygen atoms in total. The molecule has 1 aromatic heterocycles. The van der Waals surface area contributed by atoms with Crippen molar-refractivity contribution < 1.29 is 8.78 Å². The largest absolute Gasteiger partial charge is 0.271 e. The number of nitrogens with one attached hydrogen (secondary N) is 1. The summed E-state index contributed by atoms with van der Waals surface area (Å²) in [5.41, 5.74) is 5.14. The molecule has 5 heteroatoms. The summed E-state index contributed by atoms with van der Waals surface area (Å²) in [7, 11) is 0. The average molecular weight is 263 g/mol. The average Bonchev–Trinajstić information content (AvgIpc) is 2.36. The Labute approximate surface area is 110 Å². The van der Waals surface area contributed by atoms with Gasteiger partial charge in [-0.25, -0.2) is 8.78 Å². The lowest BCUT2D eigenvalue weighted by Gasteiger charge is -2.18. The van der Waals surface area contributed by atoms with Crippen molar-refractivity contribution in [3.05, 3.63) is 65.0 Å². The Kier molecular flexibility index (Phi) is 4.19. The number of aromatic nitrogens is 1. The summed E-state index contributed by atoms with van der Waals surface area (Å²) < 4.78 is 26.3. The fraction of sp³-hybridized carbons (Fsp3) is 0.214. The zero-order valence-corrected chi connectivity index (χ0v) is 10.5. The maximum Gasteiger partial charge on any atom is 0.126 e. The minimum Gasteiger partial charge on any atom is -0.271 e. The normalized spacial score (nSPS) is 12.4. The van der Waals surface area contributed by atoms with Gasteiger partial charge >= 0.3 is 0 Å². The van der Waals surface area contributed by atoms with Crippen molar-refractivity contribution in [3.8, 4) is 0 Å². The van der Waals surface area contributed by atoms with Crippen LogP contribution in [0.25, 0.3) is 0 Å². The molecule has 1 aromatic carbocycles. The van der Waals surface area contributed by atoms with Crippen molar-refractivity contribution in [2.45, 2.75) is 19.4 Å². The van der Waals surface area contributed by atoms with E-state index in [0.717, 1.165) is 17.2 Å². The summed E-state index contributed by atoms with van der Waals surface area (Å²) in [6.45, 7) is 1.94. The Morgan fingerprint density at radius 2 is 1.95 bits per heavy atom. The second-order valence-corrected chi connectivity index (χ2v) is 4.43. The van der Waals surface area contributed by atoms with Crippen molar-refractivity contribution >= 4 is 0 Å². The molecule has 0 spiro atoms. The summed E-state index contributed by atoms with van der Waals surface area (Å²) in [5, 5.41) is 0. The molecule has 0 bridgehead atoms. The number of nitrogens with two attached hydrogens (primary N) is 1. The van der Waals surface area contributed by atoms with Crippen molar-refractivity contribution in [1.82, 2.24) is 10.4 Å². The number of nitrogens with zero attached hydrogens (tertiary/aromatic N) is 1. The molecule has 0 saturated carbocycles. The number of halogens is 2. The highest BCUT2D eigenvalue weighted by molar-refractivity contribution is 5.28. The molecule has 0 radical (unpaired) electrons. The van der Waals surface area contributed by atoms with Gasteiger partial charge in [-0.2, -0.15) is 0 Å². The highest BCUT2D eigenvalue weighted by Crippen LogP contribution is 2.21. The lowest BCUT2D eigenvalue weighted by molar-refractivity contribution is 0.537. The van der Waals surface area contributed by atoms with Gasteiger partial charge in [-0.1, -0.05) is 0 Å². The minimum absolute atomic E-state index is 0.241. The molecule has 1 heterocycles. The Balaban J connectivity index is 2.26. The van der Waals surface area contributed by atoms with Gasteiger partial charge in [0, 0.05) is 18.5 Å². The molecule has 2 aromatic rings. The van der Waals surface area contributed by atoms with Crippen LogP contribution in [-0.4, -0.2) is 4.98 Å². The van der Waals surface area contributed by atoms with Crippen LogP contribution < -0.4 is 11.3 Å². The molecule has 100 valence electrons. The number of hydrazine groups is 1. The lowest BCUT2D eigenvalue weighted by Crippen LogP contribution is -2.30. The van der Waals surface area contributed by atoms with E-state index in [4.69, 9.17) is 5.84 Å². The molecule has 1 atom stereocenters. The third-order valence-electron chi connectivity index (χ3n) is 3.02. The molecular weight excluding hydrogens is 248 g/mol. The number of hydrogen-bond donors (Lipinski definition) is 2. The van der Waals surface area contributed by atoms with Gasteiger partial charge in [0.1, 0.15) is 11.6 Å². The molecule has 0 aliphatic rings. The van der Waals surface area contributed by atoms with E-state index in [1.54, 1.807) is 12.4 Å². The maximum atomic E-state index is 13.2. The van der Waals surface area contributed by atoms with E-state index in [1.165, 1.54) is 12.1 Å². The van der Waals surface area contributed by atoms with Crippen molar-refractivity contribution in [1.29, 1.82) is 0 Å². The van der Waals surface area contributed by atoms with E-state index in [2.05, 4.69) is 10.4 Å². The van der Waals surface area contributed by atoms with Gasteiger partial charge in [0.25, 0.3) is 0 Å². The van der Waals surface area contributed by atoms with E-state index in [1.807, 2.05) is 13.0 Å². The van der Waals surface area contributed by atoms with Gasteiger partial charge in [-0.05, 0) is 48.2 Å². The highest BCUT2D eigenvalue weighted by atomic mass is 19.1. The summed E-state index contributed by atoms with van der Waals surface area (Å²) in [6.07, 6.45) is 3.78. The second kappa shape index (κ2) is 5.86. The summed E-state index contributed by atoms with van der Waals surface area (Å²) in [5.74, 6) is 4.35. The van der Waals surface area contributed by atoms with Gasteiger partial charge in [0.05, 0.1) is 6.04 Å². The maximum absolute atomic E-state index is 13.2. The van der Waals surface area contributed by atoms with E-state index in [-0.39, 0.29) is 6.04 Å². The first-order valence-corrected chi connectivity index (χ1v) is 5.91. The summed E-state index contributed by atoms with van der Waals surface area (Å²) in [4.78, 5) is 4.05. The Bertz CT molecular complexity index is 552. The summed E-state index contributed by atoms with van der Waals surface area (Å²) >= 11 is 0. The van der Waals surface area contributed by atoms with Crippen LogP contribution >= 0.6 is 0 Å². The molecule has 0 saturated heterocycles. The topological polar surface area (TPSA) is 50.9 Å². The Morgan fingerprint density at radius 3 is 2.53 bits per heavy atom. The van der Waals surface area contributed by atoms with Gasteiger partial charge in [0.15, 0.2) is 0 Å². The minimum atomic E-state index is -0.589. The Morgan fingerprint density at radius 1 is 1.26 bits per heavy atom. The van der Waals surface area contributed by atoms with Crippen molar-refractivity contribution in [2.75, 3.05) is 0 Å². The van der Waals surface area contributed by atoms with Crippen molar-refractivity contribution in [2.24, 2.45) is 5.84 Å². The van der Waals surface area contributed by atoms with Crippen LogP contribution in [0.15, 0.2) is 36.7 Å². The second-order valence-electron chi connectivity index (χ2n) is 4.43. The smallest absolute Gasteiger partial charge is 0.126 e. The molecule has 0 aliphatic carbocycles. The number of rotatable bonds is 4. The fourth-order valence-electron chi connectivity index (χ4n) is 2.06. The number of hydrogen-bond acceptors (Lipinski definition) is 3. The van der Waals surface area contributed by atoms with Crippen LogP contribution in [0, 0.1) is 18.6 Å². The Hall–Kier alpha value is -1.85. The van der Waals surface area contributed by atoms with E-state index < -0.39 is 11.6 Å². The third-order valence-corrected chi connectivity index (χ3v) is 3.02. The fourth-order valence-corrected chi connectivity index (χ4v) is 2.06. The number of pyridine rings is 1. The molecule has 0 amide bonds. The van der Waals surface area contributed by atoms with Gasteiger partial charge in [-0.3, -0.25) is 16.3 Å². The monoisotopic (exact) mass is 263 g/mol. The molecule has 0 aliphatic heterocycles. The predicted octanol–water partition coefficient (Wildman–Crippen LogP) is 2.42. The standard InChI is InChI=1S/C14H15F2N3/c1-9-2-3-18-8-13(9)14(19-17)6-10-4-11(15)7-12(16)5-10/h2-5,7-8,14,19H,6,17H2,1H3. The highest BCUT2D eigenvalue weighted by Gasteiger charge is 2.14. The van der Waals surface area contributed by atoms with Gasteiger partial charge in [0.2, 0.25) is 0 Å². The van der Waals surface area contributed by atoms with Gasteiger partial charge < -0.3 is 0 Å². The lowest BCUT2D eigenvalue weighted by atomic mass is 9.97. The summed E-state index contributed by atoms with van der Waals surface area (Å²) in [6, 6.07) is 5.09. The van der Waals surface area contributed by atoms with Crippen LogP contribution in [0.5, 0.6) is 0 Å². The van der Waals surface area contributed by atoms with Crippen LogP contribution in [0.2, 0.25) is 0 Å². The molecular formula is C14H15F2N3. The first-order chi connectivity index (χ1) is 9.10. The first kappa shape index (κ1) is 13.6. The van der Waals surface area contributed by atoms with E-state index in [0.29, 0.717) is 12.0 Å².